The summed E-state index contributed by atoms with van der Waals surface area (Å²) in [5.74, 6) is -3.72. The summed E-state index contributed by atoms with van der Waals surface area (Å²) in [4.78, 5) is 141. The van der Waals surface area contributed by atoms with Crippen LogP contribution in [0, 0.1) is 48.1 Å². The number of carboxylic acids is 4. The Morgan fingerprint density at radius 2 is 0.803 bits per heavy atom. The molecule has 14 rings (SSSR count). The molecule has 8 N–H and O–H groups in total. The molecule has 2 aliphatic rings. The summed E-state index contributed by atoms with van der Waals surface area (Å²) in [7, 11) is 2.98. The van der Waals surface area contributed by atoms with Gasteiger partial charge in [-0.15, -0.1) is 6.42 Å². The van der Waals surface area contributed by atoms with Gasteiger partial charge in [-0.1, -0.05) is 115 Å². The number of anilines is 4. The van der Waals surface area contributed by atoms with Crippen molar-refractivity contribution in [1.82, 2.24) is 0 Å². The van der Waals surface area contributed by atoms with Gasteiger partial charge in [0.25, 0.3) is 23.6 Å². The second-order valence-corrected chi connectivity index (χ2v) is 27.0. The number of terminal acetylenes is 1. The highest BCUT2D eigenvalue weighted by Crippen LogP contribution is 2.36. The zero-order chi connectivity index (χ0) is 92.0. The Morgan fingerprint density at radius 1 is 0.394 bits per heavy atom. The van der Waals surface area contributed by atoms with E-state index in [2.05, 4.69) is 27.2 Å². The Kier molecular flexibility index (Phi) is 33.0. The Balaban J connectivity index is 0.000000172. The summed E-state index contributed by atoms with van der Waals surface area (Å²) < 4.78 is 71.9. The van der Waals surface area contributed by atoms with E-state index in [4.69, 9.17) is 60.5 Å². The second-order valence-electron chi connectivity index (χ2n) is 27.0. The van der Waals surface area contributed by atoms with Crippen LogP contribution in [0.1, 0.15) is 166 Å². The molecule has 12 aromatic carbocycles. The summed E-state index contributed by atoms with van der Waals surface area (Å²) in [6.07, 6.45) is 5.31. The first-order valence-electron chi connectivity index (χ1n) is 37.9. The fraction of sp³-hybridized carbons (Fsp3) is 0.103. The third-order valence-corrected chi connectivity index (χ3v) is 18.3. The Hall–Kier alpha value is -17.3. The van der Waals surface area contributed by atoms with E-state index in [9.17, 15) is 70.7 Å². The minimum absolute atomic E-state index is 0.0107. The molecule has 127 heavy (non-hydrogen) atoms. The van der Waals surface area contributed by atoms with Gasteiger partial charge in [-0.2, -0.15) is 5.26 Å². The quantitative estimate of drug-likeness (QED) is 0.0231. The number of benzene rings is 12. The van der Waals surface area contributed by atoms with Crippen LogP contribution in [0.2, 0.25) is 0 Å². The number of nitrogens with one attached hydrogen (secondary N) is 4. The third-order valence-electron chi connectivity index (χ3n) is 18.3. The first kappa shape index (κ1) is 93.6. The molecule has 0 atom stereocenters. The van der Waals surface area contributed by atoms with Crippen LogP contribution in [0.3, 0.4) is 0 Å². The molecular weight excluding hydrogens is 1640 g/mol. The largest absolute Gasteiger partial charge is 0.497 e. The van der Waals surface area contributed by atoms with Crippen LogP contribution in [0.15, 0.2) is 255 Å². The van der Waals surface area contributed by atoms with Crippen LogP contribution < -0.4 is 49.7 Å². The number of rotatable bonds is 22. The van der Waals surface area contributed by atoms with Gasteiger partial charge in [0.05, 0.1) is 87.3 Å². The molecular formula is C97H76F3N5O22. The summed E-state index contributed by atoms with van der Waals surface area (Å²) in [6, 6.07) is 66.2. The van der Waals surface area contributed by atoms with Crippen molar-refractivity contribution in [3.05, 3.63) is 367 Å². The first-order valence-corrected chi connectivity index (χ1v) is 37.9. The lowest BCUT2D eigenvalue weighted by atomic mass is 9.96. The number of halogens is 3. The molecule has 0 aliphatic carbocycles. The molecule has 0 radical (unpaired) electrons. The zero-order valence-corrected chi connectivity index (χ0v) is 68.1. The number of carbonyl (C=O) groups excluding carboxylic acids is 8. The summed E-state index contributed by atoms with van der Waals surface area (Å²) in [6.45, 7) is 5.74. The van der Waals surface area contributed by atoms with Crippen molar-refractivity contribution in [3.63, 3.8) is 0 Å². The molecule has 0 spiro atoms. The van der Waals surface area contributed by atoms with Crippen LogP contribution in [-0.2, 0) is 12.8 Å². The lowest BCUT2D eigenvalue weighted by Crippen LogP contribution is -2.18. The van der Waals surface area contributed by atoms with Crippen molar-refractivity contribution < 1.29 is 120 Å². The number of nitriles is 1. The predicted molar refractivity (Wildman–Crippen MR) is 461 cm³/mol. The summed E-state index contributed by atoms with van der Waals surface area (Å²) in [5, 5.41) is 55.3. The number of amides is 4. The van der Waals surface area contributed by atoms with Gasteiger partial charge in [0.1, 0.15) is 42.2 Å². The van der Waals surface area contributed by atoms with E-state index in [0.29, 0.717) is 86.9 Å². The molecule has 12 aromatic rings. The van der Waals surface area contributed by atoms with Gasteiger partial charge < -0.3 is 70.1 Å². The standard InChI is InChI=1S/C17H12FNO2.C17H14O4.C16H10FNO3.C16H13NO5.C16H15NO5.C15H12FNO3/c1-11(20)15-4-2-3-5-16(15)17(21)9-12-6-13(10-19)8-14(18)7-12;1-11(18)13-4-2-3-5-14(13)15(19)8-12-6-7-16-17(9-12)21-10-20-16;1-2-10-9-11(7-8-14(10)17)18-15(19)12-5-3-4-6-13(12)16(20)21;18-15(11-3-1-2-4-12(11)16(19)20)17-10-5-6-13-14(9-10)22-8-7-21-13;1-21-10-7-8-14(22-2)13(9-10)17-15(18)11-5-3-4-6-12(11)16(19)20;1-9-6-7-13(12(16)8-9)17-14(18)10-4-2-3-5-11(10)15(19)20/h2-8H,9H2,1H3;2-7,9H,8,10H2,1H3;1,3-9H,(H,18,19)(H,20,21);1-6,9H,7-8H2,(H,17,18)(H,19,20);3-9H,1-2H3,(H,17,18)(H,19,20);2-8H,1H3,(H,17,18)(H,19,20). The topological polar surface area (TPSA) is 413 Å². The van der Waals surface area contributed by atoms with E-state index >= 15 is 0 Å². The van der Waals surface area contributed by atoms with Gasteiger partial charge >= 0.3 is 23.9 Å². The molecule has 4 amide bonds. The van der Waals surface area contributed by atoms with Crippen molar-refractivity contribution in [2.24, 2.45) is 0 Å². The highest BCUT2D eigenvalue weighted by Gasteiger charge is 2.25. The second kappa shape index (κ2) is 44.8. The van der Waals surface area contributed by atoms with Gasteiger partial charge in [-0.25, -0.2) is 32.3 Å². The van der Waals surface area contributed by atoms with E-state index < -0.39 is 65.0 Å². The Morgan fingerprint density at radius 3 is 1.26 bits per heavy atom. The maximum absolute atomic E-state index is 13.7. The lowest BCUT2D eigenvalue weighted by Gasteiger charge is -2.19. The number of fused-ring (bicyclic) bond motifs is 2. The van der Waals surface area contributed by atoms with Gasteiger partial charge in [0.2, 0.25) is 6.79 Å². The van der Waals surface area contributed by atoms with Crippen LogP contribution >= 0.6 is 0 Å². The van der Waals surface area contributed by atoms with Crippen LogP contribution in [0.4, 0.5) is 35.9 Å². The fourth-order valence-electron chi connectivity index (χ4n) is 12.2. The molecule has 0 aromatic heterocycles. The molecule has 0 bridgehead atoms. The van der Waals surface area contributed by atoms with Crippen molar-refractivity contribution >= 4 is 93.4 Å². The average molecular weight is 1720 g/mol. The van der Waals surface area contributed by atoms with Crippen molar-refractivity contribution in [2.75, 3.05) is 55.5 Å². The van der Waals surface area contributed by atoms with Gasteiger partial charge in [0, 0.05) is 58.6 Å². The zero-order valence-electron chi connectivity index (χ0n) is 68.1. The molecule has 0 fully saturated rings. The van der Waals surface area contributed by atoms with Gasteiger partial charge in [-0.05, 0) is 171 Å². The van der Waals surface area contributed by atoms with Gasteiger partial charge in [0.15, 0.2) is 46.1 Å². The molecule has 0 saturated heterocycles. The number of ketones is 4. The van der Waals surface area contributed by atoms with Crippen molar-refractivity contribution in [3.8, 4) is 52.9 Å². The monoisotopic (exact) mass is 1720 g/mol. The number of nitrogens with zero attached hydrogens (tertiary/aromatic N) is 1. The van der Waals surface area contributed by atoms with Crippen molar-refractivity contribution in [1.29, 1.82) is 5.26 Å². The highest BCUT2D eigenvalue weighted by atomic mass is 19.1. The third kappa shape index (κ3) is 25.9. The minimum Gasteiger partial charge on any atom is -0.497 e. The number of methoxy groups -OCH3 is 2. The smallest absolute Gasteiger partial charge is 0.336 e. The summed E-state index contributed by atoms with van der Waals surface area (Å²) >= 11 is 0. The van der Waals surface area contributed by atoms with Crippen LogP contribution in [0.25, 0.3) is 0 Å². The van der Waals surface area contributed by atoms with Crippen molar-refractivity contribution in [2.45, 2.75) is 33.6 Å². The molecule has 642 valence electrons. The fourth-order valence-corrected chi connectivity index (χ4v) is 12.2. The Labute approximate surface area is 723 Å². The number of ether oxygens (including phenoxy) is 6. The van der Waals surface area contributed by atoms with Gasteiger partial charge in [-0.3, -0.25) is 38.4 Å². The molecule has 0 saturated carbocycles. The number of carboxylic acid groups (broad SMARTS) is 4. The normalized spacial score (nSPS) is 10.8. The number of hydrogen-bond acceptors (Lipinski definition) is 19. The number of aryl methyl sites for hydroxylation is 1. The Bertz CT molecular complexity index is 6330. The molecule has 0 unspecified atom stereocenters. The van der Waals surface area contributed by atoms with E-state index in [1.165, 1.54) is 125 Å². The van der Waals surface area contributed by atoms with E-state index in [-0.39, 0.29) is 110 Å². The van der Waals surface area contributed by atoms with E-state index in [1.807, 2.05) is 12.1 Å². The van der Waals surface area contributed by atoms with E-state index in [1.54, 1.807) is 146 Å². The molecule has 2 aliphatic heterocycles. The van der Waals surface area contributed by atoms with E-state index in [0.717, 1.165) is 23.3 Å². The maximum atomic E-state index is 13.7. The molecule has 27 nitrogen and oxygen atoms in total. The highest BCUT2D eigenvalue weighted by molar-refractivity contribution is 6.14. The average Bonchev–Trinajstić information content (AvgIpc) is 1.76. The lowest BCUT2D eigenvalue weighted by molar-refractivity contribution is 0.0683. The molecule has 30 heteroatoms. The number of hydrogen-bond donors (Lipinski definition) is 8. The number of Topliss-reactive ketones (excluding diaryl/α,β-unsaturated/α-hetero) is 4. The SMILES string of the molecule is C#Cc1cc(NC(=O)c2ccccc2C(=O)O)ccc1F.CC(=O)c1ccccc1C(=O)Cc1cc(F)cc(C#N)c1.CC(=O)c1ccccc1C(=O)Cc1ccc2c(c1)OCO2.COc1ccc(OC)c(NC(=O)c2ccccc2C(=O)O)c1.Cc1ccc(NC(=O)c2ccccc2C(=O)O)c(F)c1.O=C(O)c1ccccc1C(=O)Nc1ccc2c(c1)OCCO2. The first-order chi connectivity index (χ1) is 60.9. The minimum atomic E-state index is -1.21. The predicted octanol–water partition coefficient (Wildman–Crippen LogP) is 17.3. The van der Waals surface area contributed by atoms with Crippen LogP contribution in [-0.4, -0.2) is 125 Å². The maximum Gasteiger partial charge on any atom is 0.336 e. The number of aromatic carboxylic acids is 4. The van der Waals surface area contributed by atoms with Crippen LogP contribution in [0.5, 0.6) is 34.5 Å². The number of carbonyl (C=O) groups is 12. The summed E-state index contributed by atoms with van der Waals surface area (Å²) in [5.41, 5.74) is 4.75. The molecule has 2 heterocycles.